The summed E-state index contributed by atoms with van der Waals surface area (Å²) < 4.78 is 6.84. The van der Waals surface area contributed by atoms with E-state index in [0.717, 1.165) is 0 Å². The van der Waals surface area contributed by atoms with E-state index in [1.807, 2.05) is 0 Å². The molecule has 0 atom stereocenters. The first kappa shape index (κ1) is 22.3. The molecule has 2 rings (SSSR count). The molecule has 0 aliphatic rings. The molecule has 0 fully saturated rings. The highest BCUT2D eigenvalue weighted by Crippen LogP contribution is 2.27. The van der Waals surface area contributed by atoms with Gasteiger partial charge in [-0.1, -0.05) is 24.3 Å². The van der Waals surface area contributed by atoms with Crippen molar-refractivity contribution in [1.82, 2.24) is 4.57 Å². The SMILES string of the molecule is CC(C)(C)OC(Cc1ccc(-c2cccn(CCO)c2=O)cc1)(C(=O)O)C(=O)O. The molecule has 0 unspecified atom stereocenters. The maximum absolute atomic E-state index is 12.5. The van der Waals surface area contributed by atoms with Crippen molar-refractivity contribution in [1.29, 1.82) is 0 Å². The van der Waals surface area contributed by atoms with Crippen LogP contribution in [0.15, 0.2) is 47.4 Å². The Morgan fingerprint density at radius 2 is 1.62 bits per heavy atom. The van der Waals surface area contributed by atoms with Crippen LogP contribution >= 0.6 is 0 Å². The molecule has 0 radical (unpaired) electrons. The summed E-state index contributed by atoms with van der Waals surface area (Å²) in [6.45, 7) is 4.77. The molecule has 2 aromatic rings. The molecule has 1 heterocycles. The van der Waals surface area contributed by atoms with Gasteiger partial charge in [0.25, 0.3) is 11.2 Å². The Balaban J connectivity index is 2.39. The average molecular weight is 403 g/mol. The summed E-state index contributed by atoms with van der Waals surface area (Å²) in [5.41, 5.74) is -2.23. The van der Waals surface area contributed by atoms with Crippen molar-refractivity contribution < 1.29 is 29.6 Å². The van der Waals surface area contributed by atoms with Crippen LogP contribution in [0.2, 0.25) is 0 Å². The smallest absolute Gasteiger partial charge is 0.348 e. The molecule has 8 heteroatoms. The number of nitrogens with zero attached hydrogens (tertiary/aromatic N) is 1. The molecule has 0 aliphatic carbocycles. The number of rotatable bonds is 8. The van der Waals surface area contributed by atoms with Gasteiger partial charge >= 0.3 is 11.9 Å². The first-order valence-electron chi connectivity index (χ1n) is 9.07. The summed E-state index contributed by atoms with van der Waals surface area (Å²) in [4.78, 5) is 36.1. The van der Waals surface area contributed by atoms with Gasteiger partial charge in [0.1, 0.15) is 0 Å². The Morgan fingerprint density at radius 1 is 1.03 bits per heavy atom. The van der Waals surface area contributed by atoms with Crippen molar-refractivity contribution in [2.75, 3.05) is 6.61 Å². The number of hydrogen-bond donors (Lipinski definition) is 3. The lowest BCUT2D eigenvalue weighted by Crippen LogP contribution is -2.54. The highest BCUT2D eigenvalue weighted by molar-refractivity contribution is 6.02. The first-order chi connectivity index (χ1) is 13.5. The van der Waals surface area contributed by atoms with E-state index >= 15 is 0 Å². The van der Waals surface area contributed by atoms with E-state index in [0.29, 0.717) is 16.7 Å². The fourth-order valence-corrected chi connectivity index (χ4v) is 3.02. The Bertz CT molecular complexity index is 925. The van der Waals surface area contributed by atoms with Gasteiger partial charge in [-0.05, 0) is 44.0 Å². The molecule has 0 saturated carbocycles. The van der Waals surface area contributed by atoms with E-state index in [-0.39, 0.29) is 25.1 Å². The third-order valence-electron chi connectivity index (χ3n) is 4.25. The number of aliphatic hydroxyl groups is 1. The van der Waals surface area contributed by atoms with Gasteiger partial charge in [0.2, 0.25) is 0 Å². The fourth-order valence-electron chi connectivity index (χ4n) is 3.02. The van der Waals surface area contributed by atoms with Crippen LogP contribution in [-0.2, 0) is 27.3 Å². The largest absolute Gasteiger partial charge is 0.479 e. The number of carbonyl (C=O) groups is 2. The van der Waals surface area contributed by atoms with Crippen molar-refractivity contribution in [3.8, 4) is 11.1 Å². The van der Waals surface area contributed by atoms with Crippen LogP contribution in [0.4, 0.5) is 0 Å². The minimum absolute atomic E-state index is 0.164. The number of carboxylic acids is 2. The number of aliphatic hydroxyl groups excluding tert-OH is 1. The number of aliphatic carboxylic acids is 2. The van der Waals surface area contributed by atoms with Crippen molar-refractivity contribution in [3.05, 3.63) is 58.5 Å². The predicted octanol–water partition coefficient (Wildman–Crippen LogP) is 1.77. The summed E-state index contributed by atoms with van der Waals surface area (Å²) in [6.07, 6.45) is 1.20. The van der Waals surface area contributed by atoms with Crippen molar-refractivity contribution in [2.24, 2.45) is 0 Å². The maximum Gasteiger partial charge on any atom is 0.348 e. The zero-order valence-corrected chi connectivity index (χ0v) is 16.6. The molecule has 0 aliphatic heterocycles. The zero-order valence-electron chi connectivity index (χ0n) is 16.6. The van der Waals surface area contributed by atoms with Crippen LogP contribution in [0.5, 0.6) is 0 Å². The molecule has 0 spiro atoms. The second kappa shape index (κ2) is 8.59. The van der Waals surface area contributed by atoms with Crippen LogP contribution in [0.3, 0.4) is 0 Å². The van der Waals surface area contributed by atoms with Crippen LogP contribution in [-0.4, -0.2) is 49.6 Å². The van der Waals surface area contributed by atoms with Gasteiger partial charge in [-0.15, -0.1) is 0 Å². The molecule has 8 nitrogen and oxygen atoms in total. The van der Waals surface area contributed by atoms with Crippen molar-refractivity contribution >= 4 is 11.9 Å². The molecule has 1 aromatic heterocycles. The van der Waals surface area contributed by atoms with E-state index in [1.165, 1.54) is 4.57 Å². The Kier molecular flexibility index (Phi) is 6.61. The number of carboxylic acid groups (broad SMARTS) is 2. The molecule has 1 aromatic carbocycles. The summed E-state index contributed by atoms with van der Waals surface area (Å²) in [5, 5.41) is 28.2. The second-order valence-electron chi connectivity index (χ2n) is 7.67. The van der Waals surface area contributed by atoms with E-state index in [4.69, 9.17) is 9.84 Å². The van der Waals surface area contributed by atoms with Gasteiger partial charge in [-0.3, -0.25) is 4.79 Å². The van der Waals surface area contributed by atoms with Gasteiger partial charge in [0.15, 0.2) is 0 Å². The molecular weight excluding hydrogens is 378 g/mol. The highest BCUT2D eigenvalue weighted by Gasteiger charge is 2.50. The van der Waals surface area contributed by atoms with Gasteiger partial charge < -0.3 is 24.6 Å². The molecule has 3 N–H and O–H groups in total. The lowest BCUT2D eigenvalue weighted by Gasteiger charge is -2.33. The third-order valence-corrected chi connectivity index (χ3v) is 4.25. The van der Waals surface area contributed by atoms with Crippen LogP contribution in [0, 0.1) is 0 Å². The Labute approximate surface area is 168 Å². The van der Waals surface area contributed by atoms with Gasteiger partial charge in [0, 0.05) is 24.7 Å². The number of hydrogen-bond acceptors (Lipinski definition) is 5. The molecule has 29 heavy (non-hydrogen) atoms. The second-order valence-corrected chi connectivity index (χ2v) is 7.67. The molecule has 0 saturated heterocycles. The topological polar surface area (TPSA) is 126 Å². The van der Waals surface area contributed by atoms with Gasteiger partial charge in [-0.2, -0.15) is 0 Å². The molecular formula is C21H25NO7. The number of benzene rings is 1. The quantitative estimate of drug-likeness (QED) is 0.574. The Morgan fingerprint density at radius 3 is 2.10 bits per heavy atom. The normalized spacial score (nSPS) is 12.0. The van der Waals surface area contributed by atoms with E-state index in [9.17, 15) is 24.6 Å². The lowest BCUT2D eigenvalue weighted by atomic mass is 9.92. The fraction of sp³-hybridized carbons (Fsp3) is 0.381. The first-order valence-corrected chi connectivity index (χ1v) is 9.07. The van der Waals surface area contributed by atoms with Gasteiger partial charge in [-0.25, -0.2) is 9.59 Å². The van der Waals surface area contributed by atoms with Crippen LogP contribution in [0.25, 0.3) is 11.1 Å². The minimum Gasteiger partial charge on any atom is -0.479 e. The van der Waals surface area contributed by atoms with E-state index in [1.54, 1.807) is 63.4 Å². The standard InChI is InChI=1S/C21H25NO7/c1-20(2,3)29-21(18(25)26,19(27)28)13-14-6-8-15(9-7-14)16-5-4-10-22(11-12-23)17(16)24/h4-10,23H,11-13H2,1-3H3,(H,25,26)(H,27,28). The zero-order chi connectivity index (χ0) is 21.8. The molecule has 0 bridgehead atoms. The van der Waals surface area contributed by atoms with Crippen molar-refractivity contribution in [3.63, 3.8) is 0 Å². The van der Waals surface area contributed by atoms with Crippen LogP contribution in [0.1, 0.15) is 26.3 Å². The van der Waals surface area contributed by atoms with Crippen molar-refractivity contribution in [2.45, 2.75) is 44.9 Å². The summed E-state index contributed by atoms with van der Waals surface area (Å²) >= 11 is 0. The van der Waals surface area contributed by atoms with Crippen LogP contribution < -0.4 is 5.56 Å². The number of pyridine rings is 1. The predicted molar refractivity (Wildman–Crippen MR) is 106 cm³/mol. The lowest BCUT2D eigenvalue weighted by molar-refractivity contribution is -0.199. The maximum atomic E-state index is 12.5. The van der Waals surface area contributed by atoms with E-state index in [2.05, 4.69) is 0 Å². The van der Waals surface area contributed by atoms with Gasteiger partial charge in [0.05, 0.1) is 12.2 Å². The Hall–Kier alpha value is -2.97. The minimum atomic E-state index is -2.43. The summed E-state index contributed by atoms with van der Waals surface area (Å²) in [5.74, 6) is -3.17. The van der Waals surface area contributed by atoms with E-state index < -0.39 is 23.1 Å². The highest BCUT2D eigenvalue weighted by atomic mass is 16.6. The summed E-state index contributed by atoms with van der Waals surface area (Å²) in [6, 6.07) is 9.74. The summed E-state index contributed by atoms with van der Waals surface area (Å²) in [7, 11) is 0. The number of aromatic nitrogens is 1. The molecule has 0 amide bonds. The monoisotopic (exact) mass is 403 g/mol. The number of ether oxygens (including phenoxy) is 1. The molecule has 156 valence electrons. The third kappa shape index (κ3) is 5.10. The average Bonchev–Trinajstić information content (AvgIpc) is 2.62.